The van der Waals surface area contributed by atoms with Crippen LogP contribution in [0.25, 0.3) is 0 Å². The highest BCUT2D eigenvalue weighted by Gasteiger charge is 2.24. The Hall–Kier alpha value is -2.59. The number of anilines is 1. The number of aryl methyl sites for hydroxylation is 2. The third kappa shape index (κ3) is 7.87. The Balaban J connectivity index is 1.88. The van der Waals surface area contributed by atoms with Gasteiger partial charge in [0.1, 0.15) is 6.54 Å². The van der Waals surface area contributed by atoms with Crippen LogP contribution in [0.2, 0.25) is 0 Å². The number of nitro groups is 1. The highest BCUT2D eigenvalue weighted by molar-refractivity contribution is 7.98. The molecule has 2 aromatic rings. The number of nitrogens with zero attached hydrogens (tertiary/aromatic N) is 2. The number of nitrogens with one attached hydrogen (secondary N) is 1. The van der Waals surface area contributed by atoms with Crippen molar-refractivity contribution in [2.45, 2.75) is 26.0 Å². The van der Waals surface area contributed by atoms with Crippen LogP contribution in [0.4, 0.5) is 11.4 Å². The number of benzene rings is 2. The Kier molecular flexibility index (Phi) is 8.88. The van der Waals surface area contributed by atoms with Crippen LogP contribution in [0.3, 0.4) is 0 Å². The number of carbonyl (C=O) groups excluding carboxylic acids is 1. The van der Waals surface area contributed by atoms with Crippen molar-refractivity contribution in [1.82, 2.24) is 5.32 Å². The van der Waals surface area contributed by atoms with Crippen LogP contribution in [0.5, 0.6) is 0 Å². The van der Waals surface area contributed by atoms with Gasteiger partial charge in [0, 0.05) is 24.4 Å². The highest BCUT2D eigenvalue weighted by atomic mass is 32.2. The fraction of sp³-hybridized carbons (Fsp3) is 0.381. The summed E-state index contributed by atoms with van der Waals surface area (Å²) in [7, 11) is -3.81. The van der Waals surface area contributed by atoms with Gasteiger partial charge in [-0.25, -0.2) is 8.42 Å². The fourth-order valence-corrected chi connectivity index (χ4v) is 4.76. The lowest BCUT2D eigenvalue weighted by molar-refractivity contribution is -0.384. The fourth-order valence-electron chi connectivity index (χ4n) is 2.94. The van der Waals surface area contributed by atoms with Gasteiger partial charge < -0.3 is 5.32 Å². The maximum atomic E-state index is 12.3. The summed E-state index contributed by atoms with van der Waals surface area (Å²) < 4.78 is 25.4. The zero-order chi connectivity index (χ0) is 23.0. The van der Waals surface area contributed by atoms with Crippen LogP contribution in [0.15, 0.2) is 42.5 Å². The molecule has 0 aliphatic heterocycles. The molecule has 0 aliphatic carbocycles. The quantitative estimate of drug-likeness (QED) is 0.309. The molecular formula is C21H27N3O5S2. The van der Waals surface area contributed by atoms with Gasteiger partial charge in [-0.1, -0.05) is 35.9 Å². The molecule has 0 heterocycles. The summed E-state index contributed by atoms with van der Waals surface area (Å²) in [5, 5.41) is 13.8. The molecule has 0 aliphatic rings. The van der Waals surface area contributed by atoms with Crippen LogP contribution in [-0.2, 0) is 20.6 Å². The average molecular weight is 466 g/mol. The molecule has 2 rings (SSSR count). The topological polar surface area (TPSA) is 110 Å². The molecule has 0 aromatic heterocycles. The summed E-state index contributed by atoms with van der Waals surface area (Å²) in [4.78, 5) is 22.8. The van der Waals surface area contributed by atoms with Crippen molar-refractivity contribution in [2.24, 2.45) is 0 Å². The minimum absolute atomic E-state index is 0.126. The molecule has 168 valence electrons. The van der Waals surface area contributed by atoms with Gasteiger partial charge in [-0.3, -0.25) is 19.2 Å². The van der Waals surface area contributed by atoms with Crippen LogP contribution >= 0.6 is 11.8 Å². The van der Waals surface area contributed by atoms with E-state index in [9.17, 15) is 23.3 Å². The summed E-state index contributed by atoms with van der Waals surface area (Å²) in [5.41, 5.74) is 2.89. The van der Waals surface area contributed by atoms with Crippen molar-refractivity contribution < 1.29 is 18.1 Å². The lowest BCUT2D eigenvalue weighted by Crippen LogP contribution is -2.41. The standard InChI is InChI=1S/C21H27N3O5S2/c1-16-6-4-7-18(12-16)15-30-11-5-10-22-21(25)14-23(31(3,28)29)20-13-19(24(26)27)9-8-17(20)2/h4,6-9,12-13H,5,10-11,14-15H2,1-3H3,(H,22,25). The van der Waals surface area contributed by atoms with E-state index in [0.717, 1.165) is 28.5 Å². The lowest BCUT2D eigenvalue weighted by Gasteiger charge is -2.23. The zero-order valence-electron chi connectivity index (χ0n) is 17.8. The first-order chi connectivity index (χ1) is 14.6. The van der Waals surface area contributed by atoms with Crippen LogP contribution < -0.4 is 9.62 Å². The molecule has 0 saturated carbocycles. The Morgan fingerprint density at radius 2 is 1.94 bits per heavy atom. The molecule has 1 N–H and O–H groups in total. The Morgan fingerprint density at radius 3 is 2.58 bits per heavy atom. The van der Waals surface area contributed by atoms with Crippen LogP contribution in [0.1, 0.15) is 23.1 Å². The molecule has 0 unspecified atom stereocenters. The normalized spacial score (nSPS) is 11.2. The van der Waals surface area contributed by atoms with Crippen molar-refractivity contribution in [3.05, 3.63) is 69.3 Å². The summed E-state index contributed by atoms with van der Waals surface area (Å²) in [5.74, 6) is 1.29. The van der Waals surface area contributed by atoms with Crippen molar-refractivity contribution in [1.29, 1.82) is 0 Å². The van der Waals surface area contributed by atoms with E-state index in [0.29, 0.717) is 12.1 Å². The minimum Gasteiger partial charge on any atom is -0.354 e. The van der Waals surface area contributed by atoms with Gasteiger partial charge in [-0.15, -0.1) is 0 Å². The molecule has 0 fully saturated rings. The number of nitro benzene ring substituents is 1. The number of thioether (sulfide) groups is 1. The maximum absolute atomic E-state index is 12.3. The molecule has 0 atom stereocenters. The second-order valence-corrected chi connectivity index (χ2v) is 10.3. The predicted octanol–water partition coefficient (Wildman–Crippen LogP) is 3.42. The summed E-state index contributed by atoms with van der Waals surface area (Å²) in [6, 6.07) is 12.2. The number of hydrogen-bond acceptors (Lipinski definition) is 6. The molecule has 0 saturated heterocycles. The molecule has 0 radical (unpaired) electrons. The average Bonchev–Trinajstić information content (AvgIpc) is 2.68. The largest absolute Gasteiger partial charge is 0.354 e. The molecule has 1 amide bonds. The first kappa shape index (κ1) is 24.7. The SMILES string of the molecule is Cc1cccc(CSCCCNC(=O)CN(c2cc([N+](=O)[O-])ccc2C)S(C)(=O)=O)c1. The highest BCUT2D eigenvalue weighted by Crippen LogP contribution is 2.27. The summed E-state index contributed by atoms with van der Waals surface area (Å²) in [6.45, 7) is 3.68. The number of rotatable bonds is 11. The number of non-ortho nitro benzene ring substituents is 1. The monoisotopic (exact) mass is 465 g/mol. The van der Waals surface area contributed by atoms with E-state index >= 15 is 0 Å². The molecule has 8 nitrogen and oxygen atoms in total. The van der Waals surface area contributed by atoms with E-state index < -0.39 is 27.4 Å². The second-order valence-electron chi connectivity index (χ2n) is 7.24. The molecule has 0 bridgehead atoms. The molecule has 0 spiro atoms. The first-order valence-electron chi connectivity index (χ1n) is 9.70. The van der Waals surface area contributed by atoms with Gasteiger partial charge in [0.25, 0.3) is 5.69 Å². The molecule has 31 heavy (non-hydrogen) atoms. The van der Waals surface area contributed by atoms with E-state index in [-0.39, 0.29) is 11.4 Å². The predicted molar refractivity (Wildman–Crippen MR) is 125 cm³/mol. The third-order valence-electron chi connectivity index (χ3n) is 4.50. The van der Waals surface area contributed by atoms with Gasteiger partial charge in [0.05, 0.1) is 16.9 Å². The third-order valence-corrected chi connectivity index (χ3v) is 6.74. The van der Waals surface area contributed by atoms with E-state index in [2.05, 4.69) is 30.4 Å². The molecule has 2 aromatic carbocycles. The van der Waals surface area contributed by atoms with Gasteiger partial charge >= 0.3 is 0 Å². The zero-order valence-corrected chi connectivity index (χ0v) is 19.5. The Morgan fingerprint density at radius 1 is 1.19 bits per heavy atom. The van der Waals surface area contributed by atoms with Crippen LogP contribution in [-0.4, -0.2) is 44.3 Å². The number of amides is 1. The van der Waals surface area contributed by atoms with Gasteiger partial charge in [-0.2, -0.15) is 11.8 Å². The van der Waals surface area contributed by atoms with Gasteiger partial charge in [0.15, 0.2) is 0 Å². The molecule has 10 heteroatoms. The maximum Gasteiger partial charge on any atom is 0.271 e. The molecular weight excluding hydrogens is 438 g/mol. The van der Waals surface area contributed by atoms with E-state index in [1.807, 2.05) is 6.07 Å². The van der Waals surface area contributed by atoms with Crippen molar-refractivity contribution in [3.63, 3.8) is 0 Å². The van der Waals surface area contributed by atoms with Crippen molar-refractivity contribution >= 4 is 39.1 Å². The van der Waals surface area contributed by atoms with E-state index in [1.54, 1.807) is 18.7 Å². The second kappa shape index (κ2) is 11.1. The summed E-state index contributed by atoms with van der Waals surface area (Å²) in [6.07, 6.45) is 1.72. The minimum atomic E-state index is -3.81. The van der Waals surface area contributed by atoms with Crippen LogP contribution in [0, 0.1) is 24.0 Å². The number of sulfonamides is 1. The number of hydrogen-bond donors (Lipinski definition) is 1. The van der Waals surface area contributed by atoms with Gasteiger partial charge in [0.2, 0.25) is 15.9 Å². The Bertz CT molecular complexity index is 1040. The smallest absolute Gasteiger partial charge is 0.271 e. The lowest BCUT2D eigenvalue weighted by atomic mass is 10.2. The van der Waals surface area contributed by atoms with E-state index in [4.69, 9.17) is 0 Å². The Labute approximate surface area is 187 Å². The van der Waals surface area contributed by atoms with Gasteiger partial charge in [-0.05, 0) is 37.1 Å². The van der Waals surface area contributed by atoms with E-state index in [1.165, 1.54) is 29.3 Å². The summed E-state index contributed by atoms with van der Waals surface area (Å²) >= 11 is 1.77. The first-order valence-corrected chi connectivity index (χ1v) is 12.7. The van der Waals surface area contributed by atoms with Crippen molar-refractivity contribution in [3.8, 4) is 0 Å². The van der Waals surface area contributed by atoms with Crippen molar-refractivity contribution in [2.75, 3.05) is 29.4 Å². The number of carbonyl (C=O) groups is 1.